The third-order valence-corrected chi connectivity index (χ3v) is 4.66. The quantitative estimate of drug-likeness (QED) is 0.880. The lowest BCUT2D eigenvalue weighted by Crippen LogP contribution is -2.34. The van der Waals surface area contributed by atoms with Crippen LogP contribution in [0, 0.1) is 20.8 Å². The first-order valence-electron chi connectivity index (χ1n) is 6.94. The van der Waals surface area contributed by atoms with Gasteiger partial charge in [0.25, 0.3) is 5.91 Å². The molecule has 116 valence electrons. The Labute approximate surface area is 134 Å². The highest BCUT2D eigenvalue weighted by molar-refractivity contribution is 7.14. The van der Waals surface area contributed by atoms with Crippen LogP contribution in [-0.2, 0) is 9.53 Å². The molecule has 1 heterocycles. The van der Waals surface area contributed by atoms with Gasteiger partial charge in [-0.25, -0.2) is 4.79 Å². The van der Waals surface area contributed by atoms with Crippen LogP contribution in [0.4, 0.5) is 0 Å². The summed E-state index contributed by atoms with van der Waals surface area (Å²) in [5.41, 5.74) is 2.86. The Bertz CT molecular complexity index is 669. The molecule has 0 radical (unpaired) electrons. The van der Waals surface area contributed by atoms with Crippen LogP contribution in [0.2, 0.25) is 0 Å². The fraction of sp³-hybridized carbons (Fsp3) is 0.294. The lowest BCUT2D eigenvalue weighted by Gasteiger charge is -2.16. The lowest BCUT2D eigenvalue weighted by atomic mass is 10.1. The maximum Gasteiger partial charge on any atom is 0.333 e. The Balaban J connectivity index is 2.25. The summed E-state index contributed by atoms with van der Waals surface area (Å²) in [6.07, 6.45) is 0. The third-order valence-electron chi connectivity index (χ3n) is 3.51. The number of amides is 1. The molecular formula is C17H19NO3S. The van der Waals surface area contributed by atoms with Crippen LogP contribution in [0.15, 0.2) is 30.3 Å². The van der Waals surface area contributed by atoms with E-state index < -0.39 is 12.0 Å². The molecule has 4 nitrogen and oxygen atoms in total. The molecule has 1 amide bonds. The van der Waals surface area contributed by atoms with Crippen LogP contribution in [0.1, 0.15) is 37.3 Å². The zero-order valence-electron chi connectivity index (χ0n) is 13.1. The number of ether oxygens (including phenoxy) is 1. The Morgan fingerprint density at radius 1 is 1.14 bits per heavy atom. The number of carbonyl (C=O) groups excluding carboxylic acids is 2. The van der Waals surface area contributed by atoms with Crippen LogP contribution in [0.3, 0.4) is 0 Å². The summed E-state index contributed by atoms with van der Waals surface area (Å²) in [5.74, 6) is -0.751. The van der Waals surface area contributed by atoms with Gasteiger partial charge in [0, 0.05) is 4.88 Å². The zero-order chi connectivity index (χ0) is 16.3. The van der Waals surface area contributed by atoms with E-state index in [9.17, 15) is 9.59 Å². The first kappa shape index (κ1) is 16.2. The minimum Gasteiger partial charge on any atom is -0.467 e. The Kier molecular flexibility index (Phi) is 4.98. The number of aryl methyl sites for hydroxylation is 3. The molecule has 0 bridgehead atoms. The van der Waals surface area contributed by atoms with Crippen molar-refractivity contribution in [3.05, 3.63) is 56.8 Å². The summed E-state index contributed by atoms with van der Waals surface area (Å²) in [4.78, 5) is 26.1. The van der Waals surface area contributed by atoms with E-state index in [-0.39, 0.29) is 5.91 Å². The van der Waals surface area contributed by atoms with Crippen LogP contribution >= 0.6 is 11.3 Å². The summed E-state index contributed by atoms with van der Waals surface area (Å²) >= 11 is 1.42. The van der Waals surface area contributed by atoms with Gasteiger partial charge >= 0.3 is 5.97 Å². The largest absolute Gasteiger partial charge is 0.467 e. The predicted molar refractivity (Wildman–Crippen MR) is 87.2 cm³/mol. The average Bonchev–Trinajstić information content (AvgIpc) is 2.84. The lowest BCUT2D eigenvalue weighted by molar-refractivity contribution is -0.143. The number of carbonyl (C=O) groups is 2. The van der Waals surface area contributed by atoms with Crippen molar-refractivity contribution in [3.8, 4) is 0 Å². The second kappa shape index (κ2) is 6.75. The topological polar surface area (TPSA) is 55.4 Å². The molecule has 1 unspecified atom stereocenters. The number of benzene rings is 1. The molecule has 0 aliphatic heterocycles. The van der Waals surface area contributed by atoms with Gasteiger partial charge in [0.1, 0.15) is 0 Å². The number of esters is 1. The maximum absolute atomic E-state index is 12.4. The molecule has 0 fully saturated rings. The Morgan fingerprint density at radius 2 is 1.77 bits per heavy atom. The van der Waals surface area contributed by atoms with Gasteiger partial charge < -0.3 is 10.1 Å². The number of methoxy groups -OCH3 is 1. The SMILES string of the molecule is COC(=O)C(NC(=O)c1cc(C)c(C)s1)c1ccc(C)cc1. The molecule has 2 aromatic rings. The molecule has 0 saturated heterocycles. The van der Waals surface area contributed by atoms with Gasteiger partial charge in [0.2, 0.25) is 0 Å². The summed E-state index contributed by atoms with van der Waals surface area (Å²) < 4.78 is 4.81. The summed E-state index contributed by atoms with van der Waals surface area (Å²) in [5, 5.41) is 2.76. The van der Waals surface area contributed by atoms with Crippen LogP contribution in [0.25, 0.3) is 0 Å². The third kappa shape index (κ3) is 3.54. The molecule has 1 aromatic heterocycles. The van der Waals surface area contributed by atoms with E-state index in [2.05, 4.69) is 5.32 Å². The Hall–Kier alpha value is -2.14. The number of nitrogens with one attached hydrogen (secondary N) is 1. The molecule has 5 heteroatoms. The fourth-order valence-corrected chi connectivity index (χ4v) is 2.98. The van der Waals surface area contributed by atoms with Gasteiger partial charge in [-0.15, -0.1) is 11.3 Å². The highest BCUT2D eigenvalue weighted by Gasteiger charge is 2.24. The van der Waals surface area contributed by atoms with E-state index in [1.807, 2.05) is 51.1 Å². The van der Waals surface area contributed by atoms with Crippen molar-refractivity contribution in [2.75, 3.05) is 7.11 Å². The molecule has 0 spiro atoms. The van der Waals surface area contributed by atoms with Crippen molar-refractivity contribution in [1.29, 1.82) is 0 Å². The highest BCUT2D eigenvalue weighted by Crippen LogP contribution is 2.22. The summed E-state index contributed by atoms with van der Waals surface area (Å²) in [6.45, 7) is 5.89. The zero-order valence-corrected chi connectivity index (χ0v) is 13.9. The molecule has 0 saturated carbocycles. The standard InChI is InChI=1S/C17H19NO3S/c1-10-5-7-13(8-6-10)15(17(20)21-4)18-16(19)14-9-11(2)12(3)22-14/h5-9,15H,1-4H3,(H,18,19). The van der Waals surface area contributed by atoms with Crippen LogP contribution in [0.5, 0.6) is 0 Å². The second-order valence-electron chi connectivity index (χ2n) is 5.19. The molecule has 1 aromatic carbocycles. The molecule has 0 aliphatic carbocycles. The smallest absolute Gasteiger partial charge is 0.333 e. The number of hydrogen-bond acceptors (Lipinski definition) is 4. The van der Waals surface area contributed by atoms with Crippen molar-refractivity contribution in [3.63, 3.8) is 0 Å². The van der Waals surface area contributed by atoms with E-state index in [1.54, 1.807) is 0 Å². The van der Waals surface area contributed by atoms with E-state index in [4.69, 9.17) is 4.74 Å². The highest BCUT2D eigenvalue weighted by atomic mass is 32.1. The van der Waals surface area contributed by atoms with Gasteiger partial charge in [0.05, 0.1) is 12.0 Å². The minimum atomic E-state index is -0.805. The Morgan fingerprint density at radius 3 is 2.27 bits per heavy atom. The first-order valence-corrected chi connectivity index (χ1v) is 7.76. The average molecular weight is 317 g/mol. The van der Waals surface area contributed by atoms with E-state index >= 15 is 0 Å². The number of thiophene rings is 1. The van der Waals surface area contributed by atoms with Gasteiger partial charge in [0.15, 0.2) is 6.04 Å². The first-order chi connectivity index (χ1) is 10.4. The molecule has 2 rings (SSSR count). The number of hydrogen-bond donors (Lipinski definition) is 1. The van der Waals surface area contributed by atoms with E-state index in [0.717, 1.165) is 16.0 Å². The van der Waals surface area contributed by atoms with Crippen molar-refractivity contribution >= 4 is 23.2 Å². The van der Waals surface area contributed by atoms with Crippen LogP contribution in [-0.4, -0.2) is 19.0 Å². The van der Waals surface area contributed by atoms with Crippen molar-refractivity contribution in [2.24, 2.45) is 0 Å². The monoisotopic (exact) mass is 317 g/mol. The summed E-state index contributed by atoms with van der Waals surface area (Å²) in [6, 6.07) is 8.47. The van der Waals surface area contributed by atoms with E-state index in [1.165, 1.54) is 18.4 Å². The van der Waals surface area contributed by atoms with Crippen molar-refractivity contribution < 1.29 is 14.3 Å². The van der Waals surface area contributed by atoms with Crippen LogP contribution < -0.4 is 5.32 Å². The molecule has 1 N–H and O–H groups in total. The van der Waals surface area contributed by atoms with Crippen molar-refractivity contribution in [1.82, 2.24) is 5.32 Å². The summed E-state index contributed by atoms with van der Waals surface area (Å²) in [7, 11) is 1.31. The molecular weight excluding hydrogens is 298 g/mol. The normalized spacial score (nSPS) is 11.8. The van der Waals surface area contributed by atoms with Gasteiger partial charge in [-0.3, -0.25) is 4.79 Å². The van der Waals surface area contributed by atoms with Gasteiger partial charge in [-0.05, 0) is 38.0 Å². The molecule has 1 atom stereocenters. The van der Waals surface area contributed by atoms with Crippen molar-refractivity contribution in [2.45, 2.75) is 26.8 Å². The van der Waals surface area contributed by atoms with Gasteiger partial charge in [-0.2, -0.15) is 0 Å². The maximum atomic E-state index is 12.4. The second-order valence-corrected chi connectivity index (χ2v) is 6.45. The number of rotatable bonds is 4. The van der Waals surface area contributed by atoms with Gasteiger partial charge in [-0.1, -0.05) is 29.8 Å². The minimum absolute atomic E-state index is 0.267. The van der Waals surface area contributed by atoms with E-state index in [0.29, 0.717) is 10.4 Å². The fourth-order valence-electron chi connectivity index (χ4n) is 2.04. The predicted octanol–water partition coefficient (Wildman–Crippen LogP) is 3.32. The molecule has 0 aliphatic rings. The molecule has 22 heavy (non-hydrogen) atoms.